The Balaban J connectivity index is 0.00000208. The maximum absolute atomic E-state index is 13.2. The molecule has 2 aromatic carbocycles. The van der Waals surface area contributed by atoms with Gasteiger partial charge in [0.1, 0.15) is 5.82 Å². The monoisotopic (exact) mass is 348 g/mol. The molecule has 2 unspecified atom stereocenters. The fourth-order valence-corrected chi connectivity index (χ4v) is 3.03. The summed E-state index contributed by atoms with van der Waals surface area (Å²) < 4.78 is 13.2. The molecule has 0 spiro atoms. The molecule has 1 saturated heterocycles. The SMILES string of the molecule is Cl.O=C(CC1CCCN1)NC(c1ccccc1)c1ccc(F)cc1. The van der Waals surface area contributed by atoms with Crippen LogP contribution in [0.4, 0.5) is 4.39 Å². The van der Waals surface area contributed by atoms with Gasteiger partial charge in [0.2, 0.25) is 5.91 Å². The first kappa shape index (κ1) is 18.4. The van der Waals surface area contributed by atoms with Crippen molar-refractivity contribution in [3.63, 3.8) is 0 Å². The van der Waals surface area contributed by atoms with E-state index < -0.39 is 0 Å². The summed E-state index contributed by atoms with van der Waals surface area (Å²) in [6, 6.07) is 16.1. The largest absolute Gasteiger partial charge is 0.345 e. The second-order valence-corrected chi connectivity index (χ2v) is 5.96. The van der Waals surface area contributed by atoms with Gasteiger partial charge >= 0.3 is 0 Å². The quantitative estimate of drug-likeness (QED) is 0.867. The molecule has 128 valence electrons. The van der Waals surface area contributed by atoms with Crippen LogP contribution >= 0.6 is 12.4 Å². The standard InChI is InChI=1S/C19H21FN2O.ClH/c20-16-10-8-15(9-11-16)19(14-5-2-1-3-6-14)22-18(23)13-17-7-4-12-21-17;/h1-3,5-6,8-11,17,19,21H,4,7,12-13H2,(H,22,23);1H. The van der Waals surface area contributed by atoms with Crippen molar-refractivity contribution in [2.45, 2.75) is 31.3 Å². The molecule has 2 N–H and O–H groups in total. The number of nitrogens with one attached hydrogen (secondary N) is 2. The molecule has 1 heterocycles. The lowest BCUT2D eigenvalue weighted by atomic mass is 9.98. The average molecular weight is 349 g/mol. The van der Waals surface area contributed by atoms with Crippen molar-refractivity contribution in [2.24, 2.45) is 0 Å². The number of hydrogen-bond acceptors (Lipinski definition) is 2. The summed E-state index contributed by atoms with van der Waals surface area (Å²) >= 11 is 0. The van der Waals surface area contributed by atoms with Crippen molar-refractivity contribution in [1.82, 2.24) is 10.6 Å². The molecule has 1 amide bonds. The minimum atomic E-state index is -0.276. The van der Waals surface area contributed by atoms with Gasteiger partial charge in [0.25, 0.3) is 0 Å². The lowest BCUT2D eigenvalue weighted by molar-refractivity contribution is -0.122. The first-order valence-corrected chi connectivity index (χ1v) is 8.05. The van der Waals surface area contributed by atoms with Gasteiger partial charge in [-0.05, 0) is 42.6 Å². The topological polar surface area (TPSA) is 41.1 Å². The van der Waals surface area contributed by atoms with Gasteiger partial charge in [-0.15, -0.1) is 12.4 Å². The minimum absolute atomic E-state index is 0. The van der Waals surface area contributed by atoms with E-state index in [4.69, 9.17) is 0 Å². The molecule has 2 atom stereocenters. The lowest BCUT2D eigenvalue weighted by Crippen LogP contribution is -2.34. The van der Waals surface area contributed by atoms with E-state index in [1.807, 2.05) is 30.3 Å². The Bertz CT molecular complexity index is 642. The van der Waals surface area contributed by atoms with E-state index in [-0.39, 0.29) is 36.2 Å². The van der Waals surface area contributed by atoms with Gasteiger partial charge in [-0.25, -0.2) is 4.39 Å². The molecule has 0 aromatic heterocycles. The fraction of sp³-hybridized carbons (Fsp3) is 0.316. The molecule has 2 aromatic rings. The highest BCUT2D eigenvalue weighted by Gasteiger charge is 2.21. The highest BCUT2D eigenvalue weighted by atomic mass is 35.5. The Morgan fingerprint density at radius 3 is 2.42 bits per heavy atom. The predicted molar refractivity (Wildman–Crippen MR) is 95.7 cm³/mol. The predicted octanol–water partition coefficient (Wildman–Crippen LogP) is 3.60. The molecule has 3 nitrogen and oxygen atoms in total. The van der Waals surface area contributed by atoms with E-state index in [0.29, 0.717) is 6.42 Å². The van der Waals surface area contributed by atoms with E-state index in [1.165, 1.54) is 12.1 Å². The highest BCUT2D eigenvalue weighted by molar-refractivity contribution is 5.85. The van der Waals surface area contributed by atoms with Crippen molar-refractivity contribution in [3.05, 3.63) is 71.5 Å². The van der Waals surface area contributed by atoms with Gasteiger partial charge in [-0.1, -0.05) is 42.5 Å². The Morgan fingerprint density at radius 1 is 1.12 bits per heavy atom. The number of carbonyl (C=O) groups is 1. The third kappa shape index (κ3) is 4.79. The summed E-state index contributed by atoms with van der Waals surface area (Å²) in [4.78, 5) is 12.4. The van der Waals surface area contributed by atoms with Crippen molar-refractivity contribution in [1.29, 1.82) is 0 Å². The van der Waals surface area contributed by atoms with Gasteiger partial charge in [0.15, 0.2) is 0 Å². The number of halogens is 2. The van der Waals surface area contributed by atoms with Crippen LogP contribution in [0.25, 0.3) is 0 Å². The molecule has 24 heavy (non-hydrogen) atoms. The van der Waals surface area contributed by atoms with Gasteiger partial charge < -0.3 is 10.6 Å². The van der Waals surface area contributed by atoms with Crippen LogP contribution in [-0.4, -0.2) is 18.5 Å². The zero-order chi connectivity index (χ0) is 16.1. The van der Waals surface area contributed by atoms with Crippen LogP contribution in [-0.2, 0) is 4.79 Å². The van der Waals surface area contributed by atoms with Crippen LogP contribution in [0.5, 0.6) is 0 Å². The summed E-state index contributed by atoms with van der Waals surface area (Å²) in [5.74, 6) is -0.260. The van der Waals surface area contributed by atoms with E-state index >= 15 is 0 Å². The summed E-state index contributed by atoms with van der Waals surface area (Å²) in [5, 5.41) is 6.43. The highest BCUT2D eigenvalue weighted by Crippen LogP contribution is 2.23. The number of benzene rings is 2. The fourth-order valence-electron chi connectivity index (χ4n) is 3.03. The first-order chi connectivity index (χ1) is 11.2. The van der Waals surface area contributed by atoms with E-state index in [0.717, 1.165) is 30.5 Å². The molecule has 0 aliphatic carbocycles. The first-order valence-electron chi connectivity index (χ1n) is 8.05. The number of hydrogen-bond donors (Lipinski definition) is 2. The summed E-state index contributed by atoms with van der Waals surface area (Å²) in [7, 11) is 0. The summed E-state index contributed by atoms with van der Waals surface area (Å²) in [6.07, 6.45) is 2.64. The molecule has 1 aliphatic rings. The molecule has 3 rings (SSSR count). The van der Waals surface area contributed by atoms with E-state index in [9.17, 15) is 9.18 Å². The molecule has 1 fully saturated rings. The van der Waals surface area contributed by atoms with Crippen LogP contribution < -0.4 is 10.6 Å². The summed E-state index contributed by atoms with van der Waals surface area (Å²) in [5.41, 5.74) is 1.87. The molecule has 5 heteroatoms. The maximum Gasteiger partial charge on any atom is 0.222 e. The normalized spacial score (nSPS) is 17.8. The van der Waals surface area contributed by atoms with Gasteiger partial charge in [-0.3, -0.25) is 4.79 Å². The van der Waals surface area contributed by atoms with Crippen molar-refractivity contribution < 1.29 is 9.18 Å². The Labute approximate surface area is 148 Å². The molecular weight excluding hydrogens is 327 g/mol. The smallest absolute Gasteiger partial charge is 0.222 e. The van der Waals surface area contributed by atoms with Crippen molar-refractivity contribution in [3.8, 4) is 0 Å². The molecule has 1 aliphatic heterocycles. The van der Waals surface area contributed by atoms with Crippen LogP contribution in [0.2, 0.25) is 0 Å². The van der Waals surface area contributed by atoms with Crippen LogP contribution in [0.1, 0.15) is 36.4 Å². The van der Waals surface area contributed by atoms with E-state index in [1.54, 1.807) is 12.1 Å². The van der Waals surface area contributed by atoms with Crippen molar-refractivity contribution >= 4 is 18.3 Å². The Morgan fingerprint density at radius 2 is 1.79 bits per heavy atom. The Kier molecular flexibility index (Phi) is 6.76. The number of rotatable bonds is 5. The van der Waals surface area contributed by atoms with Crippen LogP contribution in [0, 0.1) is 5.82 Å². The van der Waals surface area contributed by atoms with Crippen LogP contribution in [0.3, 0.4) is 0 Å². The van der Waals surface area contributed by atoms with Gasteiger partial charge in [0, 0.05) is 12.5 Å². The van der Waals surface area contributed by atoms with Gasteiger partial charge in [0.05, 0.1) is 6.04 Å². The molecular formula is C19H22ClFN2O. The molecule has 0 bridgehead atoms. The second kappa shape index (κ2) is 8.81. The van der Waals surface area contributed by atoms with E-state index in [2.05, 4.69) is 10.6 Å². The Hall–Kier alpha value is -1.91. The average Bonchev–Trinajstić information content (AvgIpc) is 3.07. The molecule has 0 radical (unpaired) electrons. The van der Waals surface area contributed by atoms with Crippen molar-refractivity contribution in [2.75, 3.05) is 6.54 Å². The van der Waals surface area contributed by atoms with Gasteiger partial charge in [-0.2, -0.15) is 0 Å². The van der Waals surface area contributed by atoms with Crippen LogP contribution in [0.15, 0.2) is 54.6 Å². The zero-order valence-electron chi connectivity index (χ0n) is 13.4. The maximum atomic E-state index is 13.2. The number of carbonyl (C=O) groups excluding carboxylic acids is 1. The minimum Gasteiger partial charge on any atom is -0.345 e. The summed E-state index contributed by atoms with van der Waals surface area (Å²) in [6.45, 7) is 0.984. The second-order valence-electron chi connectivity index (χ2n) is 5.96. The number of amides is 1. The third-order valence-electron chi connectivity index (χ3n) is 4.24. The lowest BCUT2D eigenvalue weighted by Gasteiger charge is -2.21. The third-order valence-corrected chi connectivity index (χ3v) is 4.24. The zero-order valence-corrected chi connectivity index (χ0v) is 14.2. The molecule has 0 saturated carbocycles.